The summed E-state index contributed by atoms with van der Waals surface area (Å²) in [5, 5.41) is 8.97. The summed E-state index contributed by atoms with van der Waals surface area (Å²) in [6, 6.07) is 7.90. The first kappa shape index (κ1) is 13.4. The second-order valence-electron chi connectivity index (χ2n) is 3.56. The van der Waals surface area contributed by atoms with E-state index in [9.17, 15) is 4.79 Å². The monoisotopic (exact) mass is 323 g/mol. The lowest BCUT2D eigenvalue weighted by Crippen LogP contribution is -1.99. The fourth-order valence-corrected chi connectivity index (χ4v) is 1.78. The quantitative estimate of drug-likeness (QED) is 0.934. The van der Waals surface area contributed by atoms with Gasteiger partial charge < -0.3 is 14.6 Å². The van der Waals surface area contributed by atoms with Crippen LogP contribution in [0.5, 0.6) is 17.4 Å². The molecule has 0 spiro atoms. The van der Waals surface area contributed by atoms with Gasteiger partial charge in [0, 0.05) is 6.20 Å². The van der Waals surface area contributed by atoms with Crippen molar-refractivity contribution in [1.29, 1.82) is 0 Å². The van der Waals surface area contributed by atoms with E-state index >= 15 is 0 Å². The summed E-state index contributed by atoms with van der Waals surface area (Å²) in [6.07, 6.45) is 1.58. The molecule has 6 heteroatoms. The molecule has 0 unspecified atom stereocenters. The van der Waals surface area contributed by atoms with E-state index in [2.05, 4.69) is 20.9 Å². The lowest BCUT2D eigenvalue weighted by molar-refractivity contribution is 0.0696. The van der Waals surface area contributed by atoms with E-state index in [-0.39, 0.29) is 5.56 Å². The van der Waals surface area contributed by atoms with Crippen LogP contribution >= 0.6 is 15.9 Å². The van der Waals surface area contributed by atoms with Crippen molar-refractivity contribution in [3.63, 3.8) is 0 Å². The summed E-state index contributed by atoms with van der Waals surface area (Å²) in [7, 11) is 1.48. The smallest absolute Gasteiger partial charge is 0.335 e. The van der Waals surface area contributed by atoms with Crippen molar-refractivity contribution < 1.29 is 19.4 Å². The fourth-order valence-electron chi connectivity index (χ4n) is 1.44. The molecule has 5 nitrogen and oxygen atoms in total. The van der Waals surface area contributed by atoms with E-state index in [0.29, 0.717) is 21.9 Å². The minimum atomic E-state index is -1.03. The molecule has 0 aliphatic rings. The second kappa shape index (κ2) is 5.71. The molecule has 1 N–H and O–H groups in total. The van der Waals surface area contributed by atoms with Gasteiger partial charge in [-0.25, -0.2) is 9.78 Å². The Balaban J connectivity index is 2.40. The predicted octanol–water partition coefficient (Wildman–Crippen LogP) is 3.34. The van der Waals surface area contributed by atoms with Gasteiger partial charge in [-0.05, 0) is 46.3 Å². The number of aromatic nitrogens is 1. The molecule has 2 rings (SSSR count). The molecule has 2 aromatic rings. The topological polar surface area (TPSA) is 68.7 Å². The van der Waals surface area contributed by atoms with E-state index < -0.39 is 5.97 Å². The van der Waals surface area contributed by atoms with Gasteiger partial charge in [-0.3, -0.25) is 0 Å². The number of hydrogen-bond acceptors (Lipinski definition) is 4. The normalized spacial score (nSPS) is 10.0. The van der Waals surface area contributed by atoms with Crippen molar-refractivity contribution in [2.75, 3.05) is 7.11 Å². The third-order valence-electron chi connectivity index (χ3n) is 2.34. The Bertz CT molecular complexity index is 615. The largest absolute Gasteiger partial charge is 0.493 e. The van der Waals surface area contributed by atoms with E-state index in [1.165, 1.54) is 25.3 Å². The van der Waals surface area contributed by atoms with Crippen LogP contribution in [0.4, 0.5) is 0 Å². The Morgan fingerprint density at radius 1 is 1.32 bits per heavy atom. The Morgan fingerprint density at radius 3 is 2.74 bits per heavy atom. The molecule has 0 bridgehead atoms. The number of carbonyl (C=O) groups is 1. The first-order chi connectivity index (χ1) is 9.11. The molecule has 0 saturated carbocycles. The molecule has 0 radical (unpaired) electrons. The van der Waals surface area contributed by atoms with Gasteiger partial charge in [0.15, 0.2) is 11.5 Å². The second-order valence-corrected chi connectivity index (χ2v) is 4.42. The average molecular weight is 324 g/mol. The maximum Gasteiger partial charge on any atom is 0.335 e. The van der Waals surface area contributed by atoms with Gasteiger partial charge in [0.25, 0.3) is 0 Å². The highest BCUT2D eigenvalue weighted by atomic mass is 79.9. The number of hydrogen-bond donors (Lipinski definition) is 1. The molecule has 0 atom stereocenters. The van der Waals surface area contributed by atoms with Crippen molar-refractivity contribution in [3.8, 4) is 17.4 Å². The summed E-state index contributed by atoms with van der Waals surface area (Å²) in [5.74, 6) is 0.0280. The molecule has 1 aromatic carbocycles. The highest BCUT2D eigenvalue weighted by Gasteiger charge is 2.12. The van der Waals surface area contributed by atoms with Gasteiger partial charge in [0.05, 0.1) is 17.1 Å². The average Bonchev–Trinajstić information content (AvgIpc) is 2.41. The van der Waals surface area contributed by atoms with Crippen LogP contribution in [0.3, 0.4) is 0 Å². The SMILES string of the molecule is COc1ccc(C(=O)O)cc1Oc1ncccc1Br. The third-order valence-corrected chi connectivity index (χ3v) is 2.95. The van der Waals surface area contributed by atoms with E-state index in [1.807, 2.05) is 0 Å². The van der Waals surface area contributed by atoms with Crippen LogP contribution in [0.15, 0.2) is 41.0 Å². The summed E-state index contributed by atoms with van der Waals surface area (Å²) in [6.45, 7) is 0. The fraction of sp³-hybridized carbons (Fsp3) is 0.0769. The molecular weight excluding hydrogens is 314 g/mol. The molecule has 0 fully saturated rings. The maximum absolute atomic E-state index is 11.0. The van der Waals surface area contributed by atoms with E-state index in [1.54, 1.807) is 18.3 Å². The number of carboxylic acids is 1. The number of methoxy groups -OCH3 is 1. The molecule has 1 aromatic heterocycles. The van der Waals surface area contributed by atoms with Crippen LogP contribution in [0, 0.1) is 0 Å². The maximum atomic E-state index is 11.0. The van der Waals surface area contributed by atoms with Gasteiger partial charge in [-0.2, -0.15) is 0 Å². The molecule has 0 saturated heterocycles. The minimum absolute atomic E-state index is 0.114. The number of benzene rings is 1. The molecule has 98 valence electrons. The van der Waals surface area contributed by atoms with Crippen molar-refractivity contribution in [2.24, 2.45) is 0 Å². The lowest BCUT2D eigenvalue weighted by atomic mass is 10.2. The van der Waals surface area contributed by atoms with E-state index in [0.717, 1.165) is 0 Å². The van der Waals surface area contributed by atoms with Crippen molar-refractivity contribution in [2.45, 2.75) is 0 Å². The summed E-state index contributed by atoms with van der Waals surface area (Å²) in [4.78, 5) is 15.0. The summed E-state index contributed by atoms with van der Waals surface area (Å²) >= 11 is 3.30. The number of rotatable bonds is 4. The zero-order valence-corrected chi connectivity index (χ0v) is 11.5. The number of aromatic carboxylic acids is 1. The molecule has 1 heterocycles. The van der Waals surface area contributed by atoms with Crippen molar-refractivity contribution >= 4 is 21.9 Å². The summed E-state index contributed by atoms with van der Waals surface area (Å²) in [5.41, 5.74) is 0.114. The van der Waals surface area contributed by atoms with Crippen LogP contribution in [0.25, 0.3) is 0 Å². The van der Waals surface area contributed by atoms with Crippen molar-refractivity contribution in [3.05, 3.63) is 46.6 Å². The van der Waals surface area contributed by atoms with Gasteiger partial charge in [0.1, 0.15) is 0 Å². The van der Waals surface area contributed by atoms with Gasteiger partial charge in [-0.15, -0.1) is 0 Å². The molecule has 0 aliphatic carbocycles. The number of nitrogens with zero attached hydrogens (tertiary/aromatic N) is 1. The van der Waals surface area contributed by atoms with Crippen molar-refractivity contribution in [1.82, 2.24) is 4.98 Å². The number of pyridine rings is 1. The molecular formula is C13H10BrNO4. The highest BCUT2D eigenvalue weighted by molar-refractivity contribution is 9.10. The zero-order valence-electron chi connectivity index (χ0n) is 9.96. The Hall–Kier alpha value is -2.08. The molecule has 19 heavy (non-hydrogen) atoms. The standard InChI is InChI=1S/C13H10BrNO4/c1-18-10-5-4-8(13(16)17)7-11(10)19-12-9(14)3-2-6-15-12/h2-7H,1H3,(H,16,17). The summed E-state index contributed by atoms with van der Waals surface area (Å²) < 4.78 is 11.4. The van der Waals surface area contributed by atoms with Crippen LogP contribution < -0.4 is 9.47 Å². The Morgan fingerprint density at radius 2 is 2.11 bits per heavy atom. The Labute approximate surface area is 117 Å². The Kier molecular flexibility index (Phi) is 4.01. The number of carboxylic acid groups (broad SMARTS) is 1. The van der Waals surface area contributed by atoms with Crippen LogP contribution in [0.1, 0.15) is 10.4 Å². The minimum Gasteiger partial charge on any atom is -0.493 e. The van der Waals surface area contributed by atoms with E-state index in [4.69, 9.17) is 14.6 Å². The lowest BCUT2D eigenvalue weighted by Gasteiger charge is -2.11. The zero-order chi connectivity index (χ0) is 13.8. The van der Waals surface area contributed by atoms with Gasteiger partial charge in [0.2, 0.25) is 5.88 Å². The third kappa shape index (κ3) is 3.03. The van der Waals surface area contributed by atoms with Crippen LogP contribution in [0.2, 0.25) is 0 Å². The first-order valence-corrected chi connectivity index (χ1v) is 6.11. The van der Waals surface area contributed by atoms with Crippen LogP contribution in [-0.2, 0) is 0 Å². The number of halogens is 1. The van der Waals surface area contributed by atoms with Gasteiger partial charge >= 0.3 is 5.97 Å². The highest BCUT2D eigenvalue weighted by Crippen LogP contribution is 2.34. The molecule has 0 aliphatic heterocycles. The predicted molar refractivity (Wildman–Crippen MR) is 72.0 cm³/mol. The first-order valence-electron chi connectivity index (χ1n) is 5.31. The van der Waals surface area contributed by atoms with Gasteiger partial charge in [-0.1, -0.05) is 0 Å². The van der Waals surface area contributed by atoms with Crippen LogP contribution in [-0.4, -0.2) is 23.2 Å². The molecule has 0 amide bonds. The number of ether oxygens (including phenoxy) is 2.